The van der Waals surface area contributed by atoms with E-state index in [1.165, 1.54) is 59.5 Å². The summed E-state index contributed by atoms with van der Waals surface area (Å²) >= 11 is 0. The molecule has 1 unspecified atom stereocenters. The molecular formula is C26H31FN6O7. The van der Waals surface area contributed by atoms with Gasteiger partial charge in [-0.25, -0.2) is 9.37 Å². The number of halogens is 1. The van der Waals surface area contributed by atoms with Gasteiger partial charge < -0.3 is 24.7 Å². The standard InChI is InChI=1S/C26H31FN6O7/c1-29(2)23(37)25(39)31(5)17-14-32(26(40)24(38)30(3)4)12-13-33-21(17)28-19(20(35)22(33)36)18(34)11-8-15-6-9-16(27)10-7-15/h6-7,9-10,17,35H,8,11-14H2,1-5H3. The number of ketones is 1. The highest BCUT2D eigenvalue weighted by Gasteiger charge is 2.38. The van der Waals surface area contributed by atoms with E-state index in [1.807, 2.05) is 0 Å². The molecule has 1 aromatic heterocycles. The number of hydrogen-bond donors (Lipinski definition) is 1. The molecule has 0 saturated carbocycles. The fraction of sp³-hybridized carbons (Fsp3) is 0.423. The minimum absolute atomic E-state index is 0.136. The number of amides is 4. The van der Waals surface area contributed by atoms with Crippen molar-refractivity contribution >= 4 is 29.4 Å². The van der Waals surface area contributed by atoms with Crippen LogP contribution in [0.1, 0.15) is 34.3 Å². The van der Waals surface area contributed by atoms with E-state index in [2.05, 4.69) is 4.98 Å². The molecule has 0 radical (unpaired) electrons. The number of benzene rings is 1. The number of carbonyl (C=O) groups excluding carboxylic acids is 5. The van der Waals surface area contributed by atoms with Gasteiger partial charge in [-0.1, -0.05) is 12.1 Å². The van der Waals surface area contributed by atoms with E-state index in [-0.39, 0.29) is 38.3 Å². The molecule has 3 rings (SSSR count). The lowest BCUT2D eigenvalue weighted by atomic mass is 10.1. The zero-order valence-corrected chi connectivity index (χ0v) is 22.9. The van der Waals surface area contributed by atoms with Gasteiger partial charge >= 0.3 is 23.6 Å². The normalized spacial score (nSPS) is 14.6. The van der Waals surface area contributed by atoms with Crippen molar-refractivity contribution in [3.8, 4) is 5.75 Å². The number of carbonyl (C=O) groups is 5. The largest absolute Gasteiger partial charge is 0.501 e. The highest BCUT2D eigenvalue weighted by molar-refractivity contribution is 6.35. The maximum Gasteiger partial charge on any atom is 0.312 e. The smallest absolute Gasteiger partial charge is 0.312 e. The quantitative estimate of drug-likeness (QED) is 0.378. The van der Waals surface area contributed by atoms with Crippen molar-refractivity contribution in [1.82, 2.24) is 29.2 Å². The minimum atomic E-state index is -1.23. The zero-order chi connectivity index (χ0) is 29.9. The summed E-state index contributed by atoms with van der Waals surface area (Å²) in [6.45, 7) is -0.669. The Labute approximate surface area is 229 Å². The number of likely N-dealkylation sites (N-methyl/N-ethyl adjacent to an activating group) is 3. The van der Waals surface area contributed by atoms with Crippen LogP contribution in [0.2, 0.25) is 0 Å². The number of aromatic hydroxyl groups is 1. The molecule has 1 N–H and O–H groups in total. The van der Waals surface area contributed by atoms with Crippen LogP contribution < -0.4 is 5.56 Å². The van der Waals surface area contributed by atoms with E-state index in [0.717, 1.165) is 24.2 Å². The second-order valence-electron chi connectivity index (χ2n) is 9.76. The van der Waals surface area contributed by atoms with Crippen molar-refractivity contribution in [3.05, 3.63) is 57.5 Å². The molecule has 214 valence electrons. The summed E-state index contributed by atoms with van der Waals surface area (Å²) in [5, 5.41) is 10.6. The molecule has 1 aliphatic heterocycles. The topological polar surface area (TPSA) is 153 Å². The average molecular weight is 559 g/mol. The summed E-state index contributed by atoms with van der Waals surface area (Å²) in [4.78, 5) is 85.6. The first kappa shape index (κ1) is 29.9. The molecule has 4 amide bonds. The minimum Gasteiger partial charge on any atom is -0.501 e. The lowest BCUT2D eigenvalue weighted by molar-refractivity contribution is -0.153. The molecule has 0 fully saturated rings. The van der Waals surface area contributed by atoms with Gasteiger partial charge in [-0.2, -0.15) is 0 Å². The number of fused-ring (bicyclic) bond motifs is 1. The van der Waals surface area contributed by atoms with Crippen molar-refractivity contribution in [3.63, 3.8) is 0 Å². The Morgan fingerprint density at radius 3 is 2.12 bits per heavy atom. The first-order valence-corrected chi connectivity index (χ1v) is 12.3. The molecule has 0 bridgehead atoms. The van der Waals surface area contributed by atoms with Gasteiger partial charge in [-0.15, -0.1) is 0 Å². The van der Waals surface area contributed by atoms with Crippen LogP contribution in [0, 0.1) is 5.82 Å². The Hall–Kier alpha value is -4.62. The molecule has 2 heterocycles. The monoisotopic (exact) mass is 558 g/mol. The van der Waals surface area contributed by atoms with Crippen LogP contribution in [-0.4, -0.2) is 112 Å². The van der Waals surface area contributed by atoms with Gasteiger partial charge in [0, 0.05) is 61.3 Å². The Bertz CT molecular complexity index is 1400. The van der Waals surface area contributed by atoms with Crippen LogP contribution in [0.25, 0.3) is 0 Å². The number of aryl methyl sites for hydroxylation is 1. The molecule has 1 atom stereocenters. The predicted octanol–water partition coefficient (Wildman–Crippen LogP) is -0.578. The molecular weight excluding hydrogens is 527 g/mol. The van der Waals surface area contributed by atoms with Crippen LogP contribution in [0.5, 0.6) is 5.75 Å². The van der Waals surface area contributed by atoms with Gasteiger partial charge in [0.1, 0.15) is 17.7 Å². The van der Waals surface area contributed by atoms with E-state index in [0.29, 0.717) is 5.56 Å². The summed E-state index contributed by atoms with van der Waals surface area (Å²) < 4.78 is 14.2. The third kappa shape index (κ3) is 6.16. The molecule has 2 aromatic rings. The first-order chi connectivity index (χ1) is 18.7. The summed E-state index contributed by atoms with van der Waals surface area (Å²) in [6, 6.07) is 4.26. The van der Waals surface area contributed by atoms with Crippen LogP contribution in [-0.2, 0) is 32.1 Å². The van der Waals surface area contributed by atoms with Crippen LogP contribution in [0.15, 0.2) is 29.1 Å². The maximum absolute atomic E-state index is 13.2. The van der Waals surface area contributed by atoms with E-state index in [4.69, 9.17) is 0 Å². The number of aromatic nitrogens is 2. The highest BCUT2D eigenvalue weighted by Crippen LogP contribution is 2.25. The van der Waals surface area contributed by atoms with Crippen molar-refractivity contribution in [2.45, 2.75) is 25.4 Å². The third-order valence-corrected chi connectivity index (χ3v) is 6.53. The maximum atomic E-state index is 13.2. The summed E-state index contributed by atoms with van der Waals surface area (Å²) in [5.74, 6) is -5.79. The zero-order valence-electron chi connectivity index (χ0n) is 22.9. The lowest BCUT2D eigenvalue weighted by Gasteiger charge is -2.31. The Morgan fingerprint density at radius 1 is 0.950 bits per heavy atom. The van der Waals surface area contributed by atoms with E-state index in [9.17, 15) is 38.3 Å². The summed E-state index contributed by atoms with van der Waals surface area (Å²) in [7, 11) is 6.81. The molecule has 40 heavy (non-hydrogen) atoms. The molecule has 0 spiro atoms. The molecule has 0 saturated heterocycles. The van der Waals surface area contributed by atoms with Gasteiger partial charge in [0.15, 0.2) is 11.5 Å². The van der Waals surface area contributed by atoms with Gasteiger partial charge in [0.2, 0.25) is 5.75 Å². The number of Topliss-reactive ketones (excluding diaryl/α,β-unsaturated/α-hetero) is 1. The molecule has 0 aliphatic carbocycles. The SMILES string of the molecule is CN(C)C(=O)C(=O)N1CCn2c(nc(C(=O)CCc3ccc(F)cc3)c(O)c2=O)C(N(C)C(=O)C(=O)N(C)C)C1. The molecule has 14 heteroatoms. The van der Waals surface area contributed by atoms with Crippen molar-refractivity contribution < 1.29 is 33.5 Å². The molecule has 13 nitrogen and oxygen atoms in total. The third-order valence-electron chi connectivity index (χ3n) is 6.53. The van der Waals surface area contributed by atoms with Gasteiger partial charge in [0.25, 0.3) is 5.56 Å². The van der Waals surface area contributed by atoms with Gasteiger partial charge in [-0.05, 0) is 24.1 Å². The Morgan fingerprint density at radius 2 is 1.55 bits per heavy atom. The average Bonchev–Trinajstić information content (AvgIpc) is 3.12. The van der Waals surface area contributed by atoms with E-state index < -0.39 is 58.3 Å². The van der Waals surface area contributed by atoms with Crippen LogP contribution in [0.4, 0.5) is 4.39 Å². The second-order valence-corrected chi connectivity index (χ2v) is 9.76. The first-order valence-electron chi connectivity index (χ1n) is 12.3. The van der Waals surface area contributed by atoms with Crippen molar-refractivity contribution in [2.24, 2.45) is 0 Å². The number of rotatable bonds is 5. The fourth-order valence-electron chi connectivity index (χ4n) is 4.15. The number of hydrogen-bond acceptors (Lipinski definition) is 8. The highest BCUT2D eigenvalue weighted by atomic mass is 19.1. The molecule has 1 aliphatic rings. The van der Waals surface area contributed by atoms with Crippen LogP contribution >= 0.6 is 0 Å². The van der Waals surface area contributed by atoms with Crippen LogP contribution in [0.3, 0.4) is 0 Å². The van der Waals surface area contributed by atoms with Crippen molar-refractivity contribution in [1.29, 1.82) is 0 Å². The number of nitrogens with zero attached hydrogens (tertiary/aromatic N) is 6. The van der Waals surface area contributed by atoms with Gasteiger partial charge in [0.05, 0.1) is 0 Å². The predicted molar refractivity (Wildman–Crippen MR) is 139 cm³/mol. The van der Waals surface area contributed by atoms with E-state index >= 15 is 0 Å². The Balaban J connectivity index is 2.06. The van der Waals surface area contributed by atoms with E-state index in [1.54, 1.807) is 0 Å². The molecule has 1 aromatic carbocycles. The lowest BCUT2D eigenvalue weighted by Crippen LogP contribution is -2.48. The van der Waals surface area contributed by atoms with Gasteiger partial charge in [-0.3, -0.25) is 33.3 Å². The summed E-state index contributed by atoms with van der Waals surface area (Å²) in [5.41, 5.74) is -0.869. The fourth-order valence-corrected chi connectivity index (χ4v) is 4.15. The Kier molecular flexibility index (Phi) is 9.02. The second kappa shape index (κ2) is 12.1. The van der Waals surface area contributed by atoms with Crippen molar-refractivity contribution in [2.75, 3.05) is 48.3 Å². The summed E-state index contributed by atoms with van der Waals surface area (Å²) in [6.07, 6.45) is 0.00230.